The van der Waals surface area contributed by atoms with Crippen LogP contribution in [0.15, 0.2) is 73.4 Å². The normalized spacial score (nSPS) is 11.1. The van der Waals surface area contributed by atoms with Crippen molar-refractivity contribution in [1.82, 2.24) is 29.1 Å². The highest BCUT2D eigenvalue weighted by molar-refractivity contribution is 5.75. The smallest absolute Gasteiger partial charge is 0.182 e. The van der Waals surface area contributed by atoms with Gasteiger partial charge < -0.3 is 9.30 Å². The number of benzene rings is 2. The van der Waals surface area contributed by atoms with Crippen molar-refractivity contribution in [2.75, 3.05) is 7.11 Å². The Hall–Kier alpha value is -4.00. The van der Waals surface area contributed by atoms with Crippen molar-refractivity contribution >= 4 is 5.65 Å². The Bertz CT molecular complexity index is 1310. The molecule has 5 aromatic rings. The van der Waals surface area contributed by atoms with Gasteiger partial charge in [-0.1, -0.05) is 30.3 Å². The standard InChI is InChI=1S/C22H18N6O/c1-15-13-27(14-24-15)18-9-8-17(12-19(18)29-2)21-25-22-20(16-6-4-3-5-7-16)23-10-11-28(22)26-21/h3-14H,1-2H3. The van der Waals surface area contributed by atoms with E-state index in [0.29, 0.717) is 11.5 Å². The number of nitrogens with zero attached hydrogens (tertiary/aromatic N) is 6. The fourth-order valence-corrected chi connectivity index (χ4v) is 3.32. The molecule has 29 heavy (non-hydrogen) atoms. The lowest BCUT2D eigenvalue weighted by Gasteiger charge is -2.10. The van der Waals surface area contributed by atoms with Gasteiger partial charge in [0, 0.05) is 29.7 Å². The number of aromatic nitrogens is 6. The zero-order valence-corrected chi connectivity index (χ0v) is 16.0. The molecule has 0 saturated heterocycles. The van der Waals surface area contributed by atoms with Gasteiger partial charge in [0.2, 0.25) is 0 Å². The Morgan fingerprint density at radius 2 is 1.83 bits per heavy atom. The Morgan fingerprint density at radius 3 is 2.59 bits per heavy atom. The van der Waals surface area contributed by atoms with Gasteiger partial charge in [0.1, 0.15) is 11.4 Å². The number of fused-ring (bicyclic) bond motifs is 1. The van der Waals surface area contributed by atoms with Crippen LogP contribution in [0.25, 0.3) is 34.0 Å². The molecule has 0 atom stereocenters. The Labute approximate surface area is 167 Å². The fraction of sp³-hybridized carbons (Fsp3) is 0.0909. The van der Waals surface area contributed by atoms with E-state index >= 15 is 0 Å². The average Bonchev–Trinajstić information content (AvgIpc) is 3.40. The largest absolute Gasteiger partial charge is 0.495 e. The summed E-state index contributed by atoms with van der Waals surface area (Å²) in [5, 5.41) is 4.64. The van der Waals surface area contributed by atoms with E-state index in [0.717, 1.165) is 34.0 Å². The van der Waals surface area contributed by atoms with Crippen LogP contribution in [0.2, 0.25) is 0 Å². The van der Waals surface area contributed by atoms with Crippen molar-refractivity contribution in [3.63, 3.8) is 0 Å². The van der Waals surface area contributed by atoms with E-state index in [-0.39, 0.29) is 0 Å². The Morgan fingerprint density at radius 1 is 0.966 bits per heavy atom. The van der Waals surface area contributed by atoms with E-state index in [9.17, 15) is 0 Å². The maximum atomic E-state index is 5.61. The number of imidazole rings is 1. The molecule has 3 heterocycles. The lowest BCUT2D eigenvalue weighted by molar-refractivity contribution is 0.413. The van der Waals surface area contributed by atoms with Crippen LogP contribution < -0.4 is 4.74 Å². The van der Waals surface area contributed by atoms with Crippen molar-refractivity contribution in [3.8, 4) is 34.1 Å². The minimum Gasteiger partial charge on any atom is -0.495 e. The zero-order chi connectivity index (χ0) is 19.8. The molecule has 0 radical (unpaired) electrons. The predicted molar refractivity (Wildman–Crippen MR) is 110 cm³/mol. The van der Waals surface area contributed by atoms with Crippen LogP contribution in [0, 0.1) is 6.92 Å². The summed E-state index contributed by atoms with van der Waals surface area (Å²) < 4.78 is 9.31. The Balaban J connectivity index is 1.61. The first-order valence-corrected chi connectivity index (χ1v) is 9.19. The predicted octanol–water partition coefficient (Wildman–Crippen LogP) is 3.96. The molecule has 142 valence electrons. The first-order valence-electron chi connectivity index (χ1n) is 9.19. The van der Waals surface area contributed by atoms with E-state index in [1.54, 1.807) is 30.3 Å². The second-order valence-electron chi connectivity index (χ2n) is 6.65. The van der Waals surface area contributed by atoms with Gasteiger partial charge in [-0.25, -0.2) is 14.5 Å². The van der Waals surface area contributed by atoms with Gasteiger partial charge >= 0.3 is 0 Å². The molecule has 5 rings (SSSR count). The van der Waals surface area contributed by atoms with Gasteiger partial charge in [-0.2, -0.15) is 0 Å². The van der Waals surface area contributed by atoms with Gasteiger partial charge in [0.25, 0.3) is 0 Å². The molecule has 3 aromatic heterocycles. The van der Waals surface area contributed by atoms with Gasteiger partial charge in [-0.3, -0.25) is 4.98 Å². The minimum absolute atomic E-state index is 0.613. The summed E-state index contributed by atoms with van der Waals surface area (Å²) in [5.41, 5.74) is 5.23. The summed E-state index contributed by atoms with van der Waals surface area (Å²) in [6, 6.07) is 15.9. The number of hydrogen-bond acceptors (Lipinski definition) is 5. The highest BCUT2D eigenvalue weighted by Crippen LogP contribution is 2.30. The molecule has 0 bridgehead atoms. The number of methoxy groups -OCH3 is 1. The van der Waals surface area contributed by atoms with Crippen LogP contribution in [0.1, 0.15) is 5.69 Å². The first-order chi connectivity index (χ1) is 14.2. The third-order valence-corrected chi connectivity index (χ3v) is 4.73. The number of rotatable bonds is 4. The van der Waals surface area contributed by atoms with Crippen LogP contribution in [-0.2, 0) is 0 Å². The van der Waals surface area contributed by atoms with E-state index in [1.165, 1.54) is 0 Å². The molecule has 0 spiro atoms. The summed E-state index contributed by atoms with van der Waals surface area (Å²) >= 11 is 0. The molecule has 0 aliphatic rings. The van der Waals surface area contributed by atoms with E-state index in [2.05, 4.69) is 15.1 Å². The molecule has 0 amide bonds. The molecule has 0 saturated carbocycles. The van der Waals surface area contributed by atoms with Gasteiger partial charge in [0.15, 0.2) is 11.5 Å². The quantitative estimate of drug-likeness (QED) is 0.470. The number of hydrogen-bond donors (Lipinski definition) is 0. The zero-order valence-electron chi connectivity index (χ0n) is 16.0. The topological polar surface area (TPSA) is 70.1 Å². The molecule has 2 aromatic carbocycles. The maximum absolute atomic E-state index is 5.61. The van der Waals surface area contributed by atoms with Crippen LogP contribution >= 0.6 is 0 Å². The molecule has 0 unspecified atom stereocenters. The third-order valence-electron chi connectivity index (χ3n) is 4.73. The van der Waals surface area contributed by atoms with Crippen LogP contribution in [0.4, 0.5) is 0 Å². The van der Waals surface area contributed by atoms with Crippen molar-refractivity contribution in [3.05, 3.63) is 79.1 Å². The SMILES string of the molecule is COc1cc(-c2nc3c(-c4ccccc4)nccn3n2)ccc1-n1cnc(C)c1. The summed E-state index contributed by atoms with van der Waals surface area (Å²) in [5.74, 6) is 1.34. The summed E-state index contributed by atoms with van der Waals surface area (Å²) in [4.78, 5) is 13.6. The maximum Gasteiger partial charge on any atom is 0.182 e. The molecule has 7 nitrogen and oxygen atoms in total. The Kier molecular flexibility index (Phi) is 4.05. The fourth-order valence-electron chi connectivity index (χ4n) is 3.32. The third kappa shape index (κ3) is 3.02. The molecular formula is C22H18N6O. The number of ether oxygens (including phenoxy) is 1. The highest BCUT2D eigenvalue weighted by Gasteiger charge is 2.14. The second kappa shape index (κ2) is 6.87. The van der Waals surface area contributed by atoms with Crippen LogP contribution in [-0.4, -0.2) is 36.2 Å². The molecule has 0 N–H and O–H groups in total. The second-order valence-corrected chi connectivity index (χ2v) is 6.65. The monoisotopic (exact) mass is 382 g/mol. The van der Waals surface area contributed by atoms with Crippen molar-refractivity contribution in [2.24, 2.45) is 0 Å². The van der Waals surface area contributed by atoms with Gasteiger partial charge in [-0.15, -0.1) is 5.10 Å². The van der Waals surface area contributed by atoms with Gasteiger partial charge in [-0.05, 0) is 25.1 Å². The summed E-state index contributed by atoms with van der Waals surface area (Å²) in [7, 11) is 1.65. The summed E-state index contributed by atoms with van der Waals surface area (Å²) in [6.07, 6.45) is 7.27. The van der Waals surface area contributed by atoms with E-state index in [1.807, 2.05) is 66.2 Å². The van der Waals surface area contributed by atoms with Gasteiger partial charge in [0.05, 0.1) is 24.8 Å². The first kappa shape index (κ1) is 17.1. The molecule has 7 heteroatoms. The lowest BCUT2D eigenvalue weighted by atomic mass is 10.1. The van der Waals surface area contributed by atoms with Crippen molar-refractivity contribution < 1.29 is 4.74 Å². The molecule has 0 fully saturated rings. The van der Waals surface area contributed by atoms with Crippen molar-refractivity contribution in [1.29, 1.82) is 0 Å². The van der Waals surface area contributed by atoms with Crippen LogP contribution in [0.5, 0.6) is 5.75 Å². The average molecular weight is 382 g/mol. The van der Waals surface area contributed by atoms with E-state index in [4.69, 9.17) is 9.72 Å². The molecule has 0 aliphatic heterocycles. The van der Waals surface area contributed by atoms with Crippen molar-refractivity contribution in [2.45, 2.75) is 6.92 Å². The lowest BCUT2D eigenvalue weighted by Crippen LogP contribution is -1.96. The van der Waals surface area contributed by atoms with Crippen LogP contribution in [0.3, 0.4) is 0 Å². The summed E-state index contributed by atoms with van der Waals surface area (Å²) in [6.45, 7) is 1.95. The number of aryl methyl sites for hydroxylation is 1. The molecular weight excluding hydrogens is 364 g/mol. The molecule has 0 aliphatic carbocycles. The highest BCUT2D eigenvalue weighted by atomic mass is 16.5. The minimum atomic E-state index is 0.613. The van der Waals surface area contributed by atoms with E-state index < -0.39 is 0 Å².